The van der Waals surface area contributed by atoms with Crippen LogP contribution in [0.2, 0.25) is 0 Å². The van der Waals surface area contributed by atoms with Crippen molar-refractivity contribution in [2.45, 2.75) is 34.6 Å². The first-order valence-electron chi connectivity index (χ1n) is 5.42. The molecule has 0 aromatic heterocycles. The van der Waals surface area contributed by atoms with E-state index in [4.69, 9.17) is 0 Å². The second-order valence-corrected chi connectivity index (χ2v) is 4.09. The van der Waals surface area contributed by atoms with Crippen LogP contribution < -0.4 is 0 Å². The van der Waals surface area contributed by atoms with Crippen LogP contribution in [0.25, 0.3) is 0 Å². The molecule has 0 bridgehead atoms. The van der Waals surface area contributed by atoms with Crippen molar-refractivity contribution in [2.75, 3.05) is 0 Å². The van der Waals surface area contributed by atoms with E-state index in [9.17, 15) is 0 Å². The third kappa shape index (κ3) is 4.16. The molecule has 2 rings (SSSR count). The average molecular weight is 388 g/mol. The van der Waals surface area contributed by atoms with Crippen molar-refractivity contribution in [1.29, 1.82) is 0 Å². The van der Waals surface area contributed by atoms with Gasteiger partial charge in [-0.15, -0.1) is 0 Å². The van der Waals surface area contributed by atoms with Crippen LogP contribution >= 0.6 is 0 Å². The third-order valence-corrected chi connectivity index (χ3v) is 3.37. The Kier molecular flexibility index (Phi) is 8.21. The molecule has 11 radical (unpaired) electrons. The van der Waals surface area contributed by atoms with Gasteiger partial charge in [0.1, 0.15) is 0 Å². The van der Waals surface area contributed by atoms with E-state index in [2.05, 4.69) is 34.6 Å². The molecule has 0 saturated heterocycles. The Hall–Kier alpha value is 0.662. The molecule has 88 valence electrons. The molecule has 0 atom stereocenters. The van der Waals surface area contributed by atoms with Crippen molar-refractivity contribution < 1.29 is 20.4 Å². The van der Waals surface area contributed by atoms with Gasteiger partial charge in [-0.1, -0.05) is 34.6 Å². The molecule has 2 aliphatic rings. The van der Waals surface area contributed by atoms with Gasteiger partial charge < -0.3 is 0 Å². The minimum atomic E-state index is 0. The number of hydrogen-bond acceptors (Lipinski definition) is 0. The summed E-state index contributed by atoms with van der Waals surface area (Å²) in [6.45, 7) is 11.0. The Labute approximate surface area is 117 Å². The van der Waals surface area contributed by atoms with Crippen LogP contribution in [0.4, 0.5) is 0 Å². The van der Waals surface area contributed by atoms with Crippen molar-refractivity contribution in [1.82, 2.24) is 0 Å². The van der Waals surface area contributed by atoms with Crippen LogP contribution in [0.1, 0.15) is 34.6 Å². The van der Waals surface area contributed by atoms with E-state index >= 15 is 0 Å². The van der Waals surface area contributed by atoms with E-state index in [1.165, 1.54) is 29.6 Å². The van der Waals surface area contributed by atoms with Gasteiger partial charge in [-0.2, -0.15) is 0 Å². The first-order valence-corrected chi connectivity index (χ1v) is 5.42. The topological polar surface area (TPSA) is 0 Å². The molecule has 1 heteroatoms. The summed E-state index contributed by atoms with van der Waals surface area (Å²) in [6.07, 6.45) is 10.0. The Morgan fingerprint density at radius 1 is 0.438 bits per heavy atom. The second-order valence-electron chi connectivity index (χ2n) is 4.09. The molecule has 0 heterocycles. The monoisotopic (exact) mass is 388 g/mol. The molecule has 16 heavy (non-hydrogen) atoms. The summed E-state index contributed by atoms with van der Waals surface area (Å²) in [5, 5.41) is 0. The van der Waals surface area contributed by atoms with Gasteiger partial charge in [0.25, 0.3) is 0 Å². The number of hydrogen-bond donors (Lipinski definition) is 0. The fourth-order valence-electron chi connectivity index (χ4n) is 1.73. The van der Waals surface area contributed by atoms with Crippen LogP contribution in [0.5, 0.6) is 0 Å². The first-order chi connectivity index (χ1) is 7.05. The quantitative estimate of drug-likeness (QED) is 0.594. The molecule has 2 aliphatic carbocycles. The summed E-state index contributed by atoms with van der Waals surface area (Å²) >= 11 is 0. The summed E-state index contributed by atoms with van der Waals surface area (Å²) in [5.41, 5.74) is 0. The zero-order valence-corrected chi connectivity index (χ0v) is 13.7. The van der Waals surface area contributed by atoms with Crippen molar-refractivity contribution in [3.8, 4) is 0 Å². The predicted molar refractivity (Wildman–Crippen MR) is 67.5 cm³/mol. The van der Waals surface area contributed by atoms with Crippen LogP contribution in [0.15, 0.2) is 0 Å². The van der Waals surface area contributed by atoms with Gasteiger partial charge in [0.2, 0.25) is 0 Å². The van der Waals surface area contributed by atoms with Gasteiger partial charge in [0, 0.05) is 0 Å². The summed E-state index contributed by atoms with van der Waals surface area (Å²) < 4.78 is 0. The van der Waals surface area contributed by atoms with E-state index in [1.807, 2.05) is 32.1 Å². The molecule has 0 aromatic rings. The van der Waals surface area contributed by atoms with Crippen molar-refractivity contribution in [3.05, 3.63) is 61.7 Å². The van der Waals surface area contributed by atoms with E-state index in [0.29, 0.717) is 0 Å². The molecule has 2 saturated carbocycles. The van der Waals surface area contributed by atoms with Gasteiger partial charge in [-0.05, 0) is 61.7 Å². The van der Waals surface area contributed by atoms with E-state index < -0.39 is 0 Å². The average Bonchev–Trinajstić information content (AvgIpc) is 2.86. The molecule has 0 spiro atoms. The Morgan fingerprint density at radius 2 is 0.562 bits per heavy atom. The van der Waals surface area contributed by atoms with Crippen molar-refractivity contribution in [3.63, 3.8) is 0 Å². The SMILES string of the molecule is C[C]1[C](C)[C](C)[C](C)[C]1C.[CH]1[CH][CH][CH][CH]1.[ReH]. The predicted octanol–water partition coefficient (Wildman–Crippen LogP) is 3.72. The van der Waals surface area contributed by atoms with Gasteiger partial charge in [0.15, 0.2) is 0 Å². The van der Waals surface area contributed by atoms with Gasteiger partial charge in [-0.3, -0.25) is 0 Å². The van der Waals surface area contributed by atoms with Gasteiger partial charge in [-0.25, -0.2) is 0 Å². The molecular formula is C15H21Re. The van der Waals surface area contributed by atoms with E-state index in [1.54, 1.807) is 0 Å². The summed E-state index contributed by atoms with van der Waals surface area (Å²) in [6, 6.07) is 0. The molecule has 0 aromatic carbocycles. The molecule has 0 nitrogen and oxygen atoms in total. The third-order valence-electron chi connectivity index (χ3n) is 3.37. The standard InChI is InChI=1S/C10H15.C5H5.Re.H/c1-6-7(2)9(4)10(5)8(6)3;1-2-4-5-3-1;;/h1-5H3;1-5H;;. The molecule has 0 aliphatic heterocycles. The number of rotatable bonds is 0. The van der Waals surface area contributed by atoms with Crippen LogP contribution in [0, 0.1) is 61.7 Å². The zero-order chi connectivity index (χ0) is 11.4. The molecular weight excluding hydrogens is 366 g/mol. The Balaban J connectivity index is 0.000000318. The summed E-state index contributed by atoms with van der Waals surface area (Å²) in [5.74, 6) is 7.34. The van der Waals surface area contributed by atoms with Gasteiger partial charge in [0.05, 0.1) is 0 Å². The van der Waals surface area contributed by atoms with Crippen molar-refractivity contribution >= 4 is 0 Å². The Bertz CT molecular complexity index is 122. The molecule has 0 amide bonds. The zero-order valence-electron chi connectivity index (χ0n) is 10.8. The molecule has 2 fully saturated rings. The van der Waals surface area contributed by atoms with Gasteiger partial charge >= 0.3 is 20.4 Å². The summed E-state index contributed by atoms with van der Waals surface area (Å²) in [4.78, 5) is 0. The van der Waals surface area contributed by atoms with E-state index in [-0.39, 0.29) is 20.4 Å². The summed E-state index contributed by atoms with van der Waals surface area (Å²) in [7, 11) is 0. The Morgan fingerprint density at radius 3 is 0.688 bits per heavy atom. The fourth-order valence-corrected chi connectivity index (χ4v) is 1.73. The molecule has 0 N–H and O–H groups in total. The normalized spacial score (nSPS) is 25.3. The fraction of sp³-hybridized carbons (Fsp3) is 0.333. The maximum absolute atomic E-state index is 2.20. The molecule has 0 unspecified atom stereocenters. The van der Waals surface area contributed by atoms with Crippen LogP contribution in [-0.4, -0.2) is 0 Å². The van der Waals surface area contributed by atoms with E-state index in [0.717, 1.165) is 0 Å². The maximum atomic E-state index is 2.20. The first kappa shape index (κ1) is 16.7. The van der Waals surface area contributed by atoms with Crippen molar-refractivity contribution in [2.24, 2.45) is 0 Å². The van der Waals surface area contributed by atoms with Crippen LogP contribution in [-0.2, 0) is 20.4 Å². The van der Waals surface area contributed by atoms with Crippen LogP contribution in [0.3, 0.4) is 0 Å². The second kappa shape index (κ2) is 7.89. The minimum absolute atomic E-state index is 0.